The second-order valence-corrected chi connectivity index (χ2v) is 4.98. The number of aryl methyl sites for hydroxylation is 1. The van der Waals surface area contributed by atoms with Gasteiger partial charge in [-0.15, -0.1) is 0 Å². The summed E-state index contributed by atoms with van der Waals surface area (Å²) in [7, 11) is 0. The molecule has 3 rings (SSSR count). The van der Waals surface area contributed by atoms with Gasteiger partial charge in [0.2, 0.25) is 0 Å². The summed E-state index contributed by atoms with van der Waals surface area (Å²) in [6.07, 6.45) is 4.03. The van der Waals surface area contributed by atoms with Gasteiger partial charge < -0.3 is 5.73 Å². The van der Waals surface area contributed by atoms with Crippen LogP contribution in [0, 0.1) is 6.92 Å². The molecule has 0 radical (unpaired) electrons. The fourth-order valence-electron chi connectivity index (χ4n) is 2.41. The molecule has 1 aromatic heterocycles. The number of aromatic nitrogens is 2. The first-order valence-corrected chi connectivity index (χ1v) is 6.44. The molecule has 3 heteroatoms. The lowest BCUT2D eigenvalue weighted by molar-refractivity contribution is 0.420. The fourth-order valence-corrected chi connectivity index (χ4v) is 2.41. The average Bonchev–Trinajstić information content (AvgIpc) is 2.26. The quantitative estimate of drug-likeness (QED) is 0.874. The van der Waals surface area contributed by atoms with Gasteiger partial charge in [-0.25, -0.2) is 9.97 Å². The lowest BCUT2D eigenvalue weighted by Gasteiger charge is -2.25. The van der Waals surface area contributed by atoms with Gasteiger partial charge in [0, 0.05) is 11.6 Å². The van der Waals surface area contributed by atoms with Crippen LogP contribution < -0.4 is 5.73 Å². The largest absolute Gasteiger partial charge is 0.384 e. The monoisotopic (exact) mass is 239 g/mol. The van der Waals surface area contributed by atoms with Crippen molar-refractivity contribution in [1.29, 1.82) is 0 Å². The molecule has 1 heterocycles. The van der Waals surface area contributed by atoms with E-state index in [4.69, 9.17) is 5.73 Å². The molecule has 18 heavy (non-hydrogen) atoms. The van der Waals surface area contributed by atoms with Crippen molar-refractivity contribution in [1.82, 2.24) is 9.97 Å². The molecule has 3 nitrogen and oxygen atoms in total. The molecule has 0 saturated heterocycles. The Labute approximate surface area is 107 Å². The number of hydrogen-bond acceptors (Lipinski definition) is 3. The molecule has 0 bridgehead atoms. The predicted molar refractivity (Wildman–Crippen MR) is 73.2 cm³/mol. The van der Waals surface area contributed by atoms with Crippen LogP contribution in [0.25, 0.3) is 11.3 Å². The smallest absolute Gasteiger partial charge is 0.128 e. The van der Waals surface area contributed by atoms with Crippen molar-refractivity contribution in [2.24, 2.45) is 0 Å². The molecule has 2 aromatic rings. The number of anilines is 1. The molecule has 0 unspecified atom stereocenters. The highest BCUT2D eigenvalue weighted by atomic mass is 14.9. The molecule has 1 saturated carbocycles. The highest BCUT2D eigenvalue weighted by molar-refractivity contribution is 5.62. The summed E-state index contributed by atoms with van der Waals surface area (Å²) in [5.41, 5.74) is 9.21. The van der Waals surface area contributed by atoms with E-state index in [9.17, 15) is 0 Å². The Bertz CT molecular complexity index is 536. The average molecular weight is 239 g/mol. The summed E-state index contributed by atoms with van der Waals surface area (Å²) in [5, 5.41) is 0. The Morgan fingerprint density at radius 2 is 1.83 bits per heavy atom. The lowest BCUT2D eigenvalue weighted by atomic mass is 9.80. The van der Waals surface area contributed by atoms with Gasteiger partial charge in [-0.1, -0.05) is 30.7 Å². The molecule has 0 spiro atoms. The molecule has 2 N–H and O–H groups in total. The summed E-state index contributed by atoms with van der Waals surface area (Å²) in [5.74, 6) is 2.02. The zero-order chi connectivity index (χ0) is 12.5. The summed E-state index contributed by atoms with van der Waals surface area (Å²) in [6.45, 7) is 1.86. The molecule has 1 aromatic carbocycles. The maximum atomic E-state index is 5.75. The van der Waals surface area contributed by atoms with Crippen molar-refractivity contribution in [2.45, 2.75) is 32.1 Å². The third-order valence-electron chi connectivity index (χ3n) is 3.64. The number of nitrogens with two attached hydrogens (primary N) is 1. The van der Waals surface area contributed by atoms with Crippen LogP contribution in [0.5, 0.6) is 0 Å². The van der Waals surface area contributed by atoms with Crippen LogP contribution in [0.2, 0.25) is 0 Å². The number of benzene rings is 1. The van der Waals surface area contributed by atoms with Gasteiger partial charge in [-0.05, 0) is 31.2 Å². The number of nitrogens with zero attached hydrogens (tertiary/aromatic N) is 2. The third-order valence-corrected chi connectivity index (χ3v) is 3.64. The van der Waals surface area contributed by atoms with Crippen molar-refractivity contribution >= 4 is 5.82 Å². The SMILES string of the molecule is Cc1nc(N)cc(-c2ccc(C3CCC3)cc2)n1. The van der Waals surface area contributed by atoms with E-state index in [0.29, 0.717) is 11.6 Å². The van der Waals surface area contributed by atoms with Crippen LogP contribution in [-0.2, 0) is 0 Å². The van der Waals surface area contributed by atoms with Gasteiger partial charge in [-0.3, -0.25) is 0 Å². The van der Waals surface area contributed by atoms with Gasteiger partial charge in [0.25, 0.3) is 0 Å². The van der Waals surface area contributed by atoms with E-state index in [-0.39, 0.29) is 0 Å². The second-order valence-electron chi connectivity index (χ2n) is 4.98. The van der Waals surface area contributed by atoms with E-state index in [1.165, 1.54) is 24.8 Å². The molecule has 0 atom stereocenters. The van der Waals surface area contributed by atoms with Gasteiger partial charge in [-0.2, -0.15) is 0 Å². The van der Waals surface area contributed by atoms with Gasteiger partial charge in [0.1, 0.15) is 11.6 Å². The maximum Gasteiger partial charge on any atom is 0.128 e. The van der Waals surface area contributed by atoms with E-state index >= 15 is 0 Å². The van der Waals surface area contributed by atoms with E-state index in [1.54, 1.807) is 0 Å². The zero-order valence-corrected chi connectivity index (χ0v) is 10.6. The Balaban J connectivity index is 1.91. The second kappa shape index (κ2) is 4.41. The third kappa shape index (κ3) is 2.08. The minimum atomic E-state index is 0.528. The Kier molecular flexibility index (Phi) is 2.74. The van der Waals surface area contributed by atoms with E-state index < -0.39 is 0 Å². The van der Waals surface area contributed by atoms with Gasteiger partial charge in [0.05, 0.1) is 5.69 Å². The summed E-state index contributed by atoms with van der Waals surface area (Å²) >= 11 is 0. The molecule has 0 amide bonds. The molecule has 1 fully saturated rings. The Hall–Kier alpha value is -1.90. The highest BCUT2D eigenvalue weighted by Crippen LogP contribution is 2.36. The van der Waals surface area contributed by atoms with Crippen LogP contribution in [0.4, 0.5) is 5.82 Å². The van der Waals surface area contributed by atoms with Crippen LogP contribution in [0.3, 0.4) is 0 Å². The maximum absolute atomic E-state index is 5.75. The molecule has 0 aliphatic heterocycles. The number of rotatable bonds is 2. The number of hydrogen-bond donors (Lipinski definition) is 1. The Morgan fingerprint density at radius 1 is 1.11 bits per heavy atom. The summed E-state index contributed by atoms with van der Waals surface area (Å²) in [4.78, 5) is 8.52. The molecular formula is C15H17N3. The van der Waals surface area contributed by atoms with Gasteiger partial charge >= 0.3 is 0 Å². The van der Waals surface area contributed by atoms with E-state index in [2.05, 4.69) is 34.2 Å². The predicted octanol–water partition coefficient (Wildman–Crippen LogP) is 3.30. The van der Waals surface area contributed by atoms with Crippen LogP contribution in [-0.4, -0.2) is 9.97 Å². The summed E-state index contributed by atoms with van der Waals surface area (Å²) in [6, 6.07) is 10.5. The van der Waals surface area contributed by atoms with Crippen LogP contribution in [0.1, 0.15) is 36.6 Å². The van der Waals surface area contributed by atoms with Gasteiger partial charge in [0.15, 0.2) is 0 Å². The van der Waals surface area contributed by atoms with Crippen LogP contribution >= 0.6 is 0 Å². The summed E-state index contributed by atoms with van der Waals surface area (Å²) < 4.78 is 0. The highest BCUT2D eigenvalue weighted by Gasteiger charge is 2.19. The van der Waals surface area contributed by atoms with E-state index in [1.807, 2.05) is 13.0 Å². The molecule has 92 valence electrons. The minimum Gasteiger partial charge on any atom is -0.384 e. The zero-order valence-electron chi connectivity index (χ0n) is 10.6. The lowest BCUT2D eigenvalue weighted by Crippen LogP contribution is -2.08. The molecule has 1 aliphatic rings. The first kappa shape index (κ1) is 11.2. The normalized spacial score (nSPS) is 15.4. The topological polar surface area (TPSA) is 51.8 Å². The first-order chi connectivity index (χ1) is 8.72. The minimum absolute atomic E-state index is 0.528. The fraction of sp³-hybridized carbons (Fsp3) is 0.333. The van der Waals surface area contributed by atoms with E-state index in [0.717, 1.165) is 17.2 Å². The van der Waals surface area contributed by atoms with Crippen molar-refractivity contribution in [3.05, 3.63) is 41.7 Å². The van der Waals surface area contributed by atoms with Crippen LogP contribution in [0.15, 0.2) is 30.3 Å². The number of nitrogen functional groups attached to an aromatic ring is 1. The van der Waals surface area contributed by atoms with Crippen molar-refractivity contribution < 1.29 is 0 Å². The molecule has 1 aliphatic carbocycles. The van der Waals surface area contributed by atoms with Crippen molar-refractivity contribution in [3.8, 4) is 11.3 Å². The molecular weight excluding hydrogens is 222 g/mol. The Morgan fingerprint density at radius 3 is 2.39 bits per heavy atom. The first-order valence-electron chi connectivity index (χ1n) is 6.44. The standard InChI is InChI=1S/C15H17N3/c1-10-17-14(9-15(16)18-10)13-7-5-12(6-8-13)11-3-2-4-11/h5-9,11H,2-4H2,1H3,(H2,16,17,18). The van der Waals surface area contributed by atoms with Crippen molar-refractivity contribution in [2.75, 3.05) is 5.73 Å². The van der Waals surface area contributed by atoms with Crippen molar-refractivity contribution in [3.63, 3.8) is 0 Å².